The molecule has 0 aliphatic rings. The molecule has 24 heavy (non-hydrogen) atoms. The number of nitrogens with one attached hydrogen (secondary N) is 1. The highest BCUT2D eigenvalue weighted by atomic mass is 32.2. The van der Waals surface area contributed by atoms with Crippen LogP contribution in [0.15, 0.2) is 70.6 Å². The molecule has 3 aromatic rings. The number of aromatic nitrogens is 2. The number of hydrogen-bond donors (Lipinski definition) is 2. The first-order chi connectivity index (χ1) is 11.6. The number of nitrogens with zero attached hydrogens (tertiary/aromatic N) is 2. The number of hydrogen-bond acceptors (Lipinski definition) is 6. The standard InChI is InChI=1S/C18H19N3O2S/c1-18(22,15-8-5-9-23-15)13-20-16-10-19-11-17(21-16)24-12-14-6-3-2-4-7-14/h2-11,22H,12-13H2,1H3,(H,20,21). The number of anilines is 1. The van der Waals surface area contributed by atoms with Gasteiger partial charge < -0.3 is 14.8 Å². The van der Waals surface area contributed by atoms with E-state index in [1.807, 2.05) is 18.2 Å². The first kappa shape index (κ1) is 16.5. The molecule has 0 saturated heterocycles. The topological polar surface area (TPSA) is 71.2 Å². The van der Waals surface area contributed by atoms with Gasteiger partial charge in [0.05, 0.1) is 25.2 Å². The van der Waals surface area contributed by atoms with E-state index in [-0.39, 0.29) is 6.54 Å². The molecule has 3 rings (SSSR count). The Morgan fingerprint density at radius 2 is 2.00 bits per heavy atom. The minimum atomic E-state index is -1.11. The highest BCUT2D eigenvalue weighted by Crippen LogP contribution is 2.23. The molecule has 6 heteroatoms. The Balaban J connectivity index is 1.59. The van der Waals surface area contributed by atoms with E-state index in [2.05, 4.69) is 27.4 Å². The van der Waals surface area contributed by atoms with Crippen LogP contribution in [0.1, 0.15) is 18.2 Å². The van der Waals surface area contributed by atoms with Crippen LogP contribution in [0, 0.1) is 0 Å². The highest BCUT2D eigenvalue weighted by Gasteiger charge is 2.26. The maximum Gasteiger partial charge on any atom is 0.145 e. The second-order valence-corrected chi connectivity index (χ2v) is 6.62. The van der Waals surface area contributed by atoms with Gasteiger partial charge in [-0.25, -0.2) is 4.98 Å². The molecule has 0 amide bonds. The fraction of sp³-hybridized carbons (Fsp3) is 0.222. The van der Waals surface area contributed by atoms with Gasteiger partial charge in [-0.2, -0.15) is 0 Å². The molecule has 1 unspecified atom stereocenters. The summed E-state index contributed by atoms with van der Waals surface area (Å²) in [4.78, 5) is 8.73. The molecule has 2 heterocycles. The monoisotopic (exact) mass is 341 g/mol. The second kappa shape index (κ2) is 7.51. The van der Waals surface area contributed by atoms with Crippen LogP contribution in [0.3, 0.4) is 0 Å². The van der Waals surface area contributed by atoms with Crippen LogP contribution >= 0.6 is 11.8 Å². The van der Waals surface area contributed by atoms with Crippen molar-refractivity contribution in [1.29, 1.82) is 0 Å². The predicted molar refractivity (Wildman–Crippen MR) is 94.8 cm³/mol. The lowest BCUT2D eigenvalue weighted by atomic mass is 10.0. The van der Waals surface area contributed by atoms with Crippen LogP contribution in [0.25, 0.3) is 0 Å². The van der Waals surface area contributed by atoms with E-state index in [1.165, 1.54) is 5.56 Å². The maximum absolute atomic E-state index is 10.4. The quantitative estimate of drug-likeness (QED) is 0.639. The van der Waals surface area contributed by atoms with Crippen molar-refractivity contribution in [3.8, 4) is 0 Å². The second-order valence-electron chi connectivity index (χ2n) is 5.62. The van der Waals surface area contributed by atoms with Crippen molar-refractivity contribution in [2.45, 2.75) is 23.3 Å². The van der Waals surface area contributed by atoms with Crippen molar-refractivity contribution in [1.82, 2.24) is 9.97 Å². The molecule has 0 saturated carbocycles. The summed E-state index contributed by atoms with van der Waals surface area (Å²) in [5.74, 6) is 1.97. The summed E-state index contributed by atoms with van der Waals surface area (Å²) in [7, 11) is 0. The van der Waals surface area contributed by atoms with Crippen molar-refractivity contribution in [3.05, 3.63) is 72.4 Å². The SMILES string of the molecule is CC(O)(CNc1cncc(SCc2ccccc2)n1)c1ccco1. The largest absolute Gasteiger partial charge is 0.466 e. The summed E-state index contributed by atoms with van der Waals surface area (Å²) in [5, 5.41) is 14.4. The number of benzene rings is 1. The maximum atomic E-state index is 10.4. The van der Waals surface area contributed by atoms with Crippen LogP contribution in [0.4, 0.5) is 5.82 Å². The van der Waals surface area contributed by atoms with Gasteiger partial charge in [-0.15, -0.1) is 11.8 Å². The fourth-order valence-corrected chi connectivity index (χ4v) is 2.97. The smallest absolute Gasteiger partial charge is 0.145 e. The van der Waals surface area contributed by atoms with Crippen LogP contribution < -0.4 is 5.32 Å². The average Bonchev–Trinajstić information content (AvgIpc) is 3.15. The van der Waals surface area contributed by atoms with Gasteiger partial charge in [-0.1, -0.05) is 30.3 Å². The molecule has 1 atom stereocenters. The first-order valence-electron chi connectivity index (χ1n) is 7.62. The van der Waals surface area contributed by atoms with Gasteiger partial charge in [-0.3, -0.25) is 4.98 Å². The van der Waals surface area contributed by atoms with Gasteiger partial charge in [0.1, 0.15) is 22.2 Å². The molecular weight excluding hydrogens is 322 g/mol. The van der Waals surface area contributed by atoms with Crippen LogP contribution in [0.5, 0.6) is 0 Å². The van der Waals surface area contributed by atoms with Crippen molar-refractivity contribution in [2.24, 2.45) is 0 Å². The summed E-state index contributed by atoms with van der Waals surface area (Å²) in [6.45, 7) is 1.97. The molecule has 2 N–H and O–H groups in total. The first-order valence-corrected chi connectivity index (χ1v) is 8.61. The highest BCUT2D eigenvalue weighted by molar-refractivity contribution is 7.98. The summed E-state index contributed by atoms with van der Waals surface area (Å²) in [6.07, 6.45) is 4.93. The summed E-state index contributed by atoms with van der Waals surface area (Å²) in [5.41, 5.74) is 0.127. The van der Waals surface area contributed by atoms with E-state index < -0.39 is 5.60 Å². The van der Waals surface area contributed by atoms with Gasteiger partial charge in [0.2, 0.25) is 0 Å². The van der Waals surface area contributed by atoms with Crippen molar-refractivity contribution in [3.63, 3.8) is 0 Å². The van der Waals surface area contributed by atoms with E-state index in [0.29, 0.717) is 11.6 Å². The molecule has 0 fully saturated rings. The zero-order valence-electron chi connectivity index (χ0n) is 13.3. The van der Waals surface area contributed by atoms with E-state index >= 15 is 0 Å². The summed E-state index contributed by atoms with van der Waals surface area (Å²) >= 11 is 1.62. The molecule has 0 aliphatic carbocycles. The molecule has 5 nitrogen and oxygen atoms in total. The third kappa shape index (κ3) is 4.37. The molecule has 0 bridgehead atoms. The Morgan fingerprint density at radius 1 is 1.17 bits per heavy atom. The minimum absolute atomic E-state index is 0.280. The number of aliphatic hydroxyl groups is 1. The number of rotatable bonds is 7. The molecule has 1 aromatic carbocycles. The zero-order chi connectivity index (χ0) is 16.8. The van der Waals surface area contributed by atoms with Gasteiger partial charge in [0, 0.05) is 5.75 Å². The van der Waals surface area contributed by atoms with Gasteiger partial charge >= 0.3 is 0 Å². The van der Waals surface area contributed by atoms with E-state index in [9.17, 15) is 5.11 Å². The Hall–Kier alpha value is -2.31. The van der Waals surface area contributed by atoms with E-state index in [4.69, 9.17) is 4.42 Å². The molecular formula is C18H19N3O2S. The average molecular weight is 341 g/mol. The van der Waals surface area contributed by atoms with Crippen molar-refractivity contribution >= 4 is 17.6 Å². The minimum Gasteiger partial charge on any atom is -0.466 e. The number of thioether (sulfide) groups is 1. The van der Waals surface area contributed by atoms with E-state index in [1.54, 1.807) is 49.5 Å². The molecule has 0 aliphatic heterocycles. The lowest BCUT2D eigenvalue weighted by Crippen LogP contribution is -2.30. The predicted octanol–water partition coefficient (Wildman–Crippen LogP) is 3.68. The van der Waals surface area contributed by atoms with Gasteiger partial charge in [-0.05, 0) is 24.6 Å². The van der Waals surface area contributed by atoms with Crippen molar-refractivity contribution in [2.75, 3.05) is 11.9 Å². The Morgan fingerprint density at radius 3 is 2.75 bits per heavy atom. The number of furan rings is 1. The fourth-order valence-electron chi connectivity index (χ4n) is 2.17. The van der Waals surface area contributed by atoms with E-state index in [0.717, 1.165) is 10.8 Å². The lowest BCUT2D eigenvalue weighted by Gasteiger charge is -2.21. The lowest BCUT2D eigenvalue weighted by molar-refractivity contribution is 0.0475. The normalized spacial score (nSPS) is 13.4. The Kier molecular flexibility index (Phi) is 5.17. The molecule has 0 spiro atoms. The van der Waals surface area contributed by atoms with Gasteiger partial charge in [0.25, 0.3) is 0 Å². The van der Waals surface area contributed by atoms with Gasteiger partial charge in [0.15, 0.2) is 0 Å². The molecule has 0 radical (unpaired) electrons. The van der Waals surface area contributed by atoms with Crippen LogP contribution in [-0.2, 0) is 11.4 Å². The summed E-state index contributed by atoms with van der Waals surface area (Å²) < 4.78 is 5.27. The van der Waals surface area contributed by atoms with Crippen LogP contribution in [0.2, 0.25) is 0 Å². The molecule has 2 aromatic heterocycles. The van der Waals surface area contributed by atoms with Crippen molar-refractivity contribution < 1.29 is 9.52 Å². The Labute approximate surface area is 145 Å². The Bertz CT molecular complexity index is 761. The summed E-state index contributed by atoms with van der Waals surface area (Å²) in [6, 6.07) is 13.7. The third-order valence-electron chi connectivity index (χ3n) is 3.51. The van der Waals surface area contributed by atoms with Crippen LogP contribution in [-0.4, -0.2) is 21.6 Å². The molecule has 124 valence electrons. The third-order valence-corrected chi connectivity index (χ3v) is 4.48. The zero-order valence-corrected chi connectivity index (χ0v) is 14.2.